The first-order chi connectivity index (χ1) is 8.94. The molecule has 2 aliphatic rings. The second-order valence-corrected chi connectivity index (χ2v) is 7.94. The van der Waals surface area contributed by atoms with Gasteiger partial charge in [-0.25, -0.2) is 0 Å². The highest BCUT2D eigenvalue weighted by Gasteiger charge is 2.38. The lowest BCUT2D eigenvalue weighted by Gasteiger charge is -2.43. The minimum Gasteiger partial charge on any atom is -0.311 e. The van der Waals surface area contributed by atoms with Crippen molar-refractivity contribution in [3.8, 4) is 0 Å². The lowest BCUT2D eigenvalue weighted by Crippen LogP contribution is -2.51. The number of nitrogens with one attached hydrogen (secondary N) is 1. The van der Waals surface area contributed by atoms with Gasteiger partial charge in [-0.3, -0.25) is 4.90 Å². The van der Waals surface area contributed by atoms with Crippen molar-refractivity contribution in [2.75, 3.05) is 19.6 Å². The molecule has 2 heteroatoms. The van der Waals surface area contributed by atoms with Gasteiger partial charge in [0, 0.05) is 18.1 Å². The topological polar surface area (TPSA) is 15.3 Å². The van der Waals surface area contributed by atoms with E-state index in [1.165, 1.54) is 58.0 Å². The fourth-order valence-corrected chi connectivity index (χ4v) is 3.94. The van der Waals surface area contributed by atoms with E-state index in [2.05, 4.69) is 37.9 Å². The van der Waals surface area contributed by atoms with Gasteiger partial charge in [-0.1, -0.05) is 19.8 Å². The van der Waals surface area contributed by atoms with Gasteiger partial charge in [0.05, 0.1) is 0 Å². The molecule has 0 aromatic carbocycles. The van der Waals surface area contributed by atoms with Crippen molar-refractivity contribution in [2.24, 2.45) is 5.41 Å². The maximum absolute atomic E-state index is 3.69. The lowest BCUT2D eigenvalue weighted by atomic mass is 9.76. The van der Waals surface area contributed by atoms with Crippen molar-refractivity contribution in [3.05, 3.63) is 0 Å². The van der Waals surface area contributed by atoms with Crippen LogP contribution in [0.25, 0.3) is 0 Å². The maximum Gasteiger partial charge on any atom is 0.0218 e. The van der Waals surface area contributed by atoms with Crippen LogP contribution in [0.15, 0.2) is 0 Å². The molecular formula is C17H34N2. The summed E-state index contributed by atoms with van der Waals surface area (Å²) < 4.78 is 0. The van der Waals surface area contributed by atoms with Crippen LogP contribution in [0.1, 0.15) is 72.6 Å². The molecule has 1 N–H and O–H groups in total. The monoisotopic (exact) mass is 266 g/mol. The van der Waals surface area contributed by atoms with Gasteiger partial charge in [0.15, 0.2) is 0 Å². The van der Waals surface area contributed by atoms with E-state index in [0.29, 0.717) is 0 Å². The summed E-state index contributed by atoms with van der Waals surface area (Å²) in [6, 6.07) is 0.734. The van der Waals surface area contributed by atoms with Crippen LogP contribution < -0.4 is 5.32 Å². The molecule has 0 aromatic heterocycles. The molecule has 1 spiro atoms. The van der Waals surface area contributed by atoms with Gasteiger partial charge < -0.3 is 5.32 Å². The maximum atomic E-state index is 3.69. The molecule has 112 valence electrons. The highest BCUT2D eigenvalue weighted by molar-refractivity contribution is 4.91. The minimum atomic E-state index is 0.246. The van der Waals surface area contributed by atoms with Crippen molar-refractivity contribution in [2.45, 2.75) is 84.2 Å². The van der Waals surface area contributed by atoms with Gasteiger partial charge in [-0.15, -0.1) is 0 Å². The molecule has 1 aliphatic carbocycles. The number of rotatable bonds is 4. The average Bonchev–Trinajstić information content (AvgIpc) is 2.79. The van der Waals surface area contributed by atoms with E-state index in [0.717, 1.165) is 18.0 Å². The average molecular weight is 266 g/mol. The summed E-state index contributed by atoms with van der Waals surface area (Å²) in [7, 11) is 0. The SMILES string of the molecule is CCC(CNC(C)(C)C)N1CCC2(CCCC2)CC1. The van der Waals surface area contributed by atoms with E-state index < -0.39 is 0 Å². The molecule has 0 aromatic rings. The minimum absolute atomic E-state index is 0.246. The number of hydrogen-bond acceptors (Lipinski definition) is 2. The molecule has 1 aliphatic heterocycles. The van der Waals surface area contributed by atoms with Gasteiger partial charge in [0.2, 0.25) is 0 Å². The Morgan fingerprint density at radius 2 is 1.63 bits per heavy atom. The molecule has 1 heterocycles. The summed E-state index contributed by atoms with van der Waals surface area (Å²) in [6.07, 6.45) is 10.2. The Bertz CT molecular complexity index is 263. The molecule has 2 fully saturated rings. The second kappa shape index (κ2) is 6.13. The third-order valence-electron chi connectivity index (χ3n) is 5.38. The van der Waals surface area contributed by atoms with Crippen LogP contribution in [0.2, 0.25) is 0 Å². The van der Waals surface area contributed by atoms with Crippen molar-refractivity contribution < 1.29 is 0 Å². The summed E-state index contributed by atoms with van der Waals surface area (Å²) in [6.45, 7) is 13.0. The van der Waals surface area contributed by atoms with E-state index in [1.54, 1.807) is 0 Å². The van der Waals surface area contributed by atoms with Crippen LogP contribution in [-0.2, 0) is 0 Å². The molecule has 2 rings (SSSR count). The first-order valence-electron chi connectivity index (χ1n) is 8.43. The Labute approximate surface area is 120 Å². The smallest absolute Gasteiger partial charge is 0.0218 e. The molecule has 2 nitrogen and oxygen atoms in total. The van der Waals surface area contributed by atoms with E-state index in [4.69, 9.17) is 0 Å². The normalized spacial score (nSPS) is 25.9. The number of likely N-dealkylation sites (tertiary alicyclic amines) is 1. The summed E-state index contributed by atoms with van der Waals surface area (Å²) in [5, 5.41) is 3.69. The first kappa shape index (κ1) is 15.3. The molecule has 0 amide bonds. The van der Waals surface area contributed by atoms with E-state index in [9.17, 15) is 0 Å². The largest absolute Gasteiger partial charge is 0.311 e. The van der Waals surface area contributed by atoms with E-state index >= 15 is 0 Å². The zero-order chi connectivity index (χ0) is 13.9. The predicted molar refractivity (Wildman–Crippen MR) is 83.5 cm³/mol. The fraction of sp³-hybridized carbons (Fsp3) is 1.00. The molecule has 1 saturated carbocycles. The van der Waals surface area contributed by atoms with Crippen molar-refractivity contribution in [1.82, 2.24) is 10.2 Å². The zero-order valence-corrected chi connectivity index (χ0v) is 13.6. The first-order valence-corrected chi connectivity index (χ1v) is 8.43. The van der Waals surface area contributed by atoms with Crippen LogP contribution in [0.5, 0.6) is 0 Å². The van der Waals surface area contributed by atoms with Gasteiger partial charge in [0.25, 0.3) is 0 Å². The van der Waals surface area contributed by atoms with E-state index in [-0.39, 0.29) is 5.54 Å². The Morgan fingerprint density at radius 1 is 1.05 bits per heavy atom. The van der Waals surface area contributed by atoms with Gasteiger partial charge >= 0.3 is 0 Å². The Kier molecular flexibility index (Phi) is 4.94. The Morgan fingerprint density at radius 3 is 2.11 bits per heavy atom. The molecule has 1 saturated heterocycles. The Balaban J connectivity index is 1.81. The van der Waals surface area contributed by atoms with E-state index in [1.807, 2.05) is 0 Å². The summed E-state index contributed by atoms with van der Waals surface area (Å²) >= 11 is 0. The highest BCUT2D eigenvalue weighted by Crippen LogP contribution is 2.46. The third-order valence-corrected chi connectivity index (χ3v) is 5.38. The summed E-state index contributed by atoms with van der Waals surface area (Å²) in [4.78, 5) is 2.75. The number of piperidine rings is 1. The highest BCUT2D eigenvalue weighted by atomic mass is 15.2. The fourth-order valence-electron chi connectivity index (χ4n) is 3.94. The van der Waals surface area contributed by atoms with Gasteiger partial charge in [0.1, 0.15) is 0 Å². The predicted octanol–water partition coefficient (Wildman–Crippen LogP) is 3.81. The molecule has 1 unspecified atom stereocenters. The molecule has 19 heavy (non-hydrogen) atoms. The lowest BCUT2D eigenvalue weighted by molar-refractivity contribution is 0.0714. The summed E-state index contributed by atoms with van der Waals surface area (Å²) in [5.74, 6) is 0. The molecule has 1 atom stereocenters. The molecule has 0 bridgehead atoms. The van der Waals surface area contributed by atoms with Crippen molar-refractivity contribution in [3.63, 3.8) is 0 Å². The van der Waals surface area contributed by atoms with Crippen LogP contribution in [-0.4, -0.2) is 36.1 Å². The van der Waals surface area contributed by atoms with Crippen LogP contribution >= 0.6 is 0 Å². The van der Waals surface area contributed by atoms with Gasteiger partial charge in [-0.2, -0.15) is 0 Å². The number of nitrogens with zero attached hydrogens (tertiary/aromatic N) is 1. The van der Waals surface area contributed by atoms with Crippen molar-refractivity contribution in [1.29, 1.82) is 0 Å². The summed E-state index contributed by atoms with van der Waals surface area (Å²) in [5.41, 5.74) is 1.00. The second-order valence-electron chi connectivity index (χ2n) is 7.94. The third kappa shape index (κ3) is 4.19. The molecule has 0 radical (unpaired) electrons. The Hall–Kier alpha value is -0.0800. The van der Waals surface area contributed by atoms with Crippen LogP contribution in [0, 0.1) is 5.41 Å². The van der Waals surface area contributed by atoms with Crippen molar-refractivity contribution >= 4 is 0 Å². The standard InChI is InChI=1S/C17H34N2/c1-5-15(14-18-16(2,3)4)19-12-10-17(11-13-19)8-6-7-9-17/h15,18H,5-14H2,1-4H3. The number of hydrogen-bond donors (Lipinski definition) is 1. The molecular weight excluding hydrogens is 232 g/mol. The van der Waals surface area contributed by atoms with Crippen LogP contribution in [0.4, 0.5) is 0 Å². The quantitative estimate of drug-likeness (QED) is 0.832. The zero-order valence-electron chi connectivity index (χ0n) is 13.6. The van der Waals surface area contributed by atoms with Gasteiger partial charge in [-0.05, 0) is 71.4 Å². The van der Waals surface area contributed by atoms with Crippen LogP contribution in [0.3, 0.4) is 0 Å².